The number of benzene rings is 3. The van der Waals surface area contributed by atoms with Gasteiger partial charge in [-0.3, -0.25) is 19.8 Å². The number of aromatic nitrogens is 1. The Kier molecular flexibility index (Phi) is 6.42. The lowest BCUT2D eigenvalue weighted by Gasteiger charge is -2.13. The van der Waals surface area contributed by atoms with Crippen LogP contribution < -0.4 is 16.1 Å². The zero-order valence-corrected chi connectivity index (χ0v) is 19.2. The SMILES string of the molecule is Cc1ccccc1NC(=O)c1cc2cc(Br)ccc2n1NC(=O)C(=O)Nc1ccc(F)cc1F. The van der Waals surface area contributed by atoms with Crippen molar-refractivity contribution in [1.82, 2.24) is 4.68 Å². The van der Waals surface area contributed by atoms with Crippen molar-refractivity contribution < 1.29 is 23.2 Å². The molecule has 0 unspecified atom stereocenters. The van der Waals surface area contributed by atoms with Gasteiger partial charge in [-0.15, -0.1) is 0 Å². The minimum absolute atomic E-state index is 0.0606. The molecule has 3 amide bonds. The lowest BCUT2D eigenvalue weighted by Crippen LogP contribution is -2.36. The van der Waals surface area contributed by atoms with E-state index >= 15 is 0 Å². The molecule has 3 aromatic carbocycles. The molecule has 34 heavy (non-hydrogen) atoms. The normalized spacial score (nSPS) is 10.7. The van der Waals surface area contributed by atoms with Crippen LogP contribution in [0.5, 0.6) is 0 Å². The fraction of sp³-hybridized carbons (Fsp3) is 0.0417. The van der Waals surface area contributed by atoms with Gasteiger partial charge in [0.05, 0.1) is 11.2 Å². The van der Waals surface area contributed by atoms with Crippen LogP contribution in [-0.4, -0.2) is 22.4 Å². The molecule has 0 atom stereocenters. The van der Waals surface area contributed by atoms with Crippen molar-refractivity contribution >= 4 is 55.9 Å². The van der Waals surface area contributed by atoms with Gasteiger partial charge in [-0.2, -0.15) is 0 Å². The topological polar surface area (TPSA) is 92.2 Å². The number of amides is 3. The number of fused-ring (bicyclic) bond motifs is 1. The van der Waals surface area contributed by atoms with E-state index in [0.29, 0.717) is 22.7 Å². The monoisotopic (exact) mass is 526 g/mol. The van der Waals surface area contributed by atoms with E-state index in [0.717, 1.165) is 22.2 Å². The summed E-state index contributed by atoms with van der Waals surface area (Å²) in [5.74, 6) is -4.74. The number of para-hydroxylation sites is 1. The highest BCUT2D eigenvalue weighted by Crippen LogP contribution is 2.24. The quantitative estimate of drug-likeness (QED) is 0.328. The van der Waals surface area contributed by atoms with Crippen molar-refractivity contribution in [3.63, 3.8) is 0 Å². The van der Waals surface area contributed by atoms with Gasteiger partial charge in [0.25, 0.3) is 5.91 Å². The van der Waals surface area contributed by atoms with Crippen LogP contribution in [0.4, 0.5) is 20.2 Å². The van der Waals surface area contributed by atoms with Gasteiger partial charge in [0.15, 0.2) is 0 Å². The van der Waals surface area contributed by atoms with Gasteiger partial charge in [-0.25, -0.2) is 13.5 Å². The first-order chi connectivity index (χ1) is 16.2. The van der Waals surface area contributed by atoms with Crippen molar-refractivity contribution in [3.8, 4) is 0 Å². The van der Waals surface area contributed by atoms with Gasteiger partial charge < -0.3 is 10.6 Å². The Bertz CT molecular complexity index is 1450. The molecule has 7 nitrogen and oxygen atoms in total. The van der Waals surface area contributed by atoms with E-state index in [4.69, 9.17) is 0 Å². The summed E-state index contributed by atoms with van der Waals surface area (Å²) in [6.45, 7) is 1.84. The molecule has 0 fully saturated rings. The third-order valence-electron chi connectivity index (χ3n) is 4.99. The second-order valence-electron chi connectivity index (χ2n) is 7.36. The van der Waals surface area contributed by atoms with Gasteiger partial charge in [-0.1, -0.05) is 34.1 Å². The van der Waals surface area contributed by atoms with Crippen molar-refractivity contribution in [2.24, 2.45) is 0 Å². The molecule has 0 aliphatic rings. The molecule has 0 spiro atoms. The number of nitrogens with zero attached hydrogens (tertiary/aromatic N) is 1. The molecule has 0 radical (unpaired) electrons. The minimum atomic E-state index is -1.20. The number of halogens is 3. The van der Waals surface area contributed by atoms with E-state index in [1.165, 1.54) is 4.68 Å². The minimum Gasteiger partial charge on any atom is -0.320 e. The molecule has 3 N–H and O–H groups in total. The van der Waals surface area contributed by atoms with Gasteiger partial charge >= 0.3 is 11.8 Å². The van der Waals surface area contributed by atoms with Crippen molar-refractivity contribution in [3.05, 3.63) is 94.1 Å². The Morgan fingerprint density at radius 3 is 2.35 bits per heavy atom. The largest absolute Gasteiger partial charge is 0.328 e. The van der Waals surface area contributed by atoms with Crippen LogP contribution in [0.1, 0.15) is 16.1 Å². The highest BCUT2D eigenvalue weighted by Gasteiger charge is 2.22. The highest BCUT2D eigenvalue weighted by molar-refractivity contribution is 9.10. The molecular formula is C24H17BrF2N4O3. The molecule has 0 saturated heterocycles. The maximum Gasteiger partial charge on any atom is 0.328 e. The molecule has 10 heteroatoms. The zero-order chi connectivity index (χ0) is 24.4. The smallest absolute Gasteiger partial charge is 0.320 e. The molecule has 4 aromatic rings. The zero-order valence-electron chi connectivity index (χ0n) is 17.7. The Morgan fingerprint density at radius 1 is 0.853 bits per heavy atom. The molecule has 0 aliphatic carbocycles. The summed E-state index contributed by atoms with van der Waals surface area (Å²) in [6.07, 6.45) is 0. The lowest BCUT2D eigenvalue weighted by molar-refractivity contribution is -0.133. The first kappa shape index (κ1) is 23.1. The van der Waals surface area contributed by atoms with Crippen LogP contribution in [0, 0.1) is 18.6 Å². The van der Waals surface area contributed by atoms with E-state index in [-0.39, 0.29) is 11.4 Å². The van der Waals surface area contributed by atoms with Gasteiger partial charge in [0.2, 0.25) is 0 Å². The molecule has 4 rings (SSSR count). The fourth-order valence-electron chi connectivity index (χ4n) is 3.30. The van der Waals surface area contributed by atoms with Gasteiger partial charge in [-0.05, 0) is 55.0 Å². The van der Waals surface area contributed by atoms with E-state index in [1.54, 1.807) is 36.4 Å². The molecular weight excluding hydrogens is 510 g/mol. The summed E-state index contributed by atoms with van der Waals surface area (Å²) in [6, 6.07) is 16.4. The number of aryl methyl sites for hydroxylation is 1. The van der Waals surface area contributed by atoms with Crippen molar-refractivity contribution in [2.75, 3.05) is 16.1 Å². The number of hydrogen-bond acceptors (Lipinski definition) is 3. The van der Waals surface area contributed by atoms with Crippen LogP contribution >= 0.6 is 15.9 Å². The van der Waals surface area contributed by atoms with Crippen LogP contribution in [0.15, 0.2) is 71.2 Å². The first-order valence-electron chi connectivity index (χ1n) is 9.98. The summed E-state index contributed by atoms with van der Waals surface area (Å²) in [4.78, 5) is 38.1. The second-order valence-corrected chi connectivity index (χ2v) is 8.27. The Morgan fingerprint density at radius 2 is 1.62 bits per heavy atom. The number of rotatable bonds is 4. The van der Waals surface area contributed by atoms with E-state index in [9.17, 15) is 23.2 Å². The van der Waals surface area contributed by atoms with Crippen molar-refractivity contribution in [1.29, 1.82) is 0 Å². The van der Waals surface area contributed by atoms with Crippen LogP contribution in [-0.2, 0) is 9.59 Å². The van der Waals surface area contributed by atoms with E-state index in [1.807, 2.05) is 19.1 Å². The highest BCUT2D eigenvalue weighted by atomic mass is 79.9. The summed E-state index contributed by atoms with van der Waals surface area (Å²) in [5, 5.41) is 5.50. The number of carbonyl (C=O) groups is 3. The maximum atomic E-state index is 13.9. The summed E-state index contributed by atoms with van der Waals surface area (Å²) in [7, 11) is 0. The third kappa shape index (κ3) is 4.81. The standard InChI is InChI=1S/C24H17BrF2N4O3/c1-13-4-2-3-5-18(13)28-22(32)21-11-14-10-15(25)6-9-20(14)31(21)30-24(34)23(33)29-19-8-7-16(26)12-17(19)27/h2-12H,1H3,(H,28,32)(H,29,33)(H,30,34). The lowest BCUT2D eigenvalue weighted by atomic mass is 10.2. The average Bonchev–Trinajstić information content (AvgIpc) is 3.14. The molecule has 0 aliphatic heterocycles. The fourth-order valence-corrected chi connectivity index (χ4v) is 3.67. The third-order valence-corrected chi connectivity index (χ3v) is 5.48. The summed E-state index contributed by atoms with van der Waals surface area (Å²) >= 11 is 3.37. The van der Waals surface area contributed by atoms with Crippen LogP contribution in [0.2, 0.25) is 0 Å². The summed E-state index contributed by atoms with van der Waals surface area (Å²) < 4.78 is 28.9. The summed E-state index contributed by atoms with van der Waals surface area (Å²) in [5.41, 5.74) is 3.95. The van der Waals surface area contributed by atoms with Gasteiger partial charge in [0.1, 0.15) is 17.3 Å². The average molecular weight is 527 g/mol. The van der Waals surface area contributed by atoms with Gasteiger partial charge in [0, 0.05) is 21.6 Å². The predicted octanol–water partition coefficient (Wildman–Crippen LogP) is 4.95. The number of hydrogen-bond donors (Lipinski definition) is 3. The van der Waals surface area contributed by atoms with E-state index in [2.05, 4.69) is 32.0 Å². The van der Waals surface area contributed by atoms with E-state index < -0.39 is 29.4 Å². The first-order valence-corrected chi connectivity index (χ1v) is 10.8. The maximum absolute atomic E-state index is 13.9. The second kappa shape index (κ2) is 9.44. The molecule has 0 bridgehead atoms. The molecule has 1 aromatic heterocycles. The molecule has 172 valence electrons. The predicted molar refractivity (Wildman–Crippen MR) is 128 cm³/mol. The number of nitrogens with one attached hydrogen (secondary N) is 3. The molecule has 0 saturated carbocycles. The van der Waals surface area contributed by atoms with Crippen LogP contribution in [0.25, 0.3) is 10.9 Å². The molecule has 1 heterocycles. The Hall–Kier alpha value is -4.05. The number of anilines is 2. The van der Waals surface area contributed by atoms with Crippen molar-refractivity contribution in [2.45, 2.75) is 6.92 Å². The number of carbonyl (C=O) groups excluding carboxylic acids is 3. The van der Waals surface area contributed by atoms with Crippen LogP contribution in [0.3, 0.4) is 0 Å². The Balaban J connectivity index is 1.64. The Labute approximate surface area is 200 Å².